The van der Waals surface area contributed by atoms with Crippen LogP contribution in [-0.4, -0.2) is 50.6 Å². The van der Waals surface area contributed by atoms with Crippen LogP contribution in [-0.2, 0) is 4.79 Å². The van der Waals surface area contributed by atoms with Crippen molar-refractivity contribution in [2.24, 2.45) is 17.3 Å². The highest BCUT2D eigenvalue weighted by Crippen LogP contribution is 2.44. The van der Waals surface area contributed by atoms with E-state index in [1.165, 1.54) is 32.1 Å². The minimum Gasteiger partial charge on any atom is -0.354 e. The molecule has 4 nitrogen and oxygen atoms in total. The molecule has 3 fully saturated rings. The van der Waals surface area contributed by atoms with E-state index in [9.17, 15) is 4.79 Å². The highest BCUT2D eigenvalue weighted by Gasteiger charge is 2.49. The lowest BCUT2D eigenvalue weighted by Gasteiger charge is -2.37. The Bertz CT molecular complexity index is 374. The Morgan fingerprint density at radius 2 is 2.00 bits per heavy atom. The van der Waals surface area contributed by atoms with E-state index >= 15 is 0 Å². The molecular formula is C16H31Cl2N3O. The summed E-state index contributed by atoms with van der Waals surface area (Å²) in [6, 6.07) is 0.520. The molecule has 2 N–H and O–H groups in total. The van der Waals surface area contributed by atoms with Crippen molar-refractivity contribution in [1.82, 2.24) is 15.5 Å². The van der Waals surface area contributed by atoms with Crippen LogP contribution in [0.15, 0.2) is 0 Å². The van der Waals surface area contributed by atoms with Crippen molar-refractivity contribution >= 4 is 30.7 Å². The maximum atomic E-state index is 12.8. The number of nitrogens with zero attached hydrogens (tertiary/aromatic N) is 1. The number of nitrogens with one attached hydrogen (secondary N) is 2. The van der Waals surface area contributed by atoms with Gasteiger partial charge in [-0.2, -0.15) is 0 Å². The SMILES string of the molecule is CN(C)C(CNC(=O)[C@@]12CCCC[C@H]1CNC2)C1CC1.Cl.Cl. The number of amides is 1. The van der Waals surface area contributed by atoms with Gasteiger partial charge in [0.25, 0.3) is 0 Å². The van der Waals surface area contributed by atoms with Gasteiger partial charge in [-0.25, -0.2) is 0 Å². The lowest BCUT2D eigenvalue weighted by Crippen LogP contribution is -2.51. The van der Waals surface area contributed by atoms with Gasteiger partial charge in [-0.1, -0.05) is 12.8 Å². The fraction of sp³-hybridized carbons (Fsp3) is 0.938. The Balaban J connectivity index is 0.00000121. The van der Waals surface area contributed by atoms with Gasteiger partial charge in [0.05, 0.1) is 5.41 Å². The summed E-state index contributed by atoms with van der Waals surface area (Å²) < 4.78 is 0. The van der Waals surface area contributed by atoms with Crippen LogP contribution < -0.4 is 10.6 Å². The molecule has 2 saturated carbocycles. The summed E-state index contributed by atoms with van der Waals surface area (Å²) in [5.41, 5.74) is -0.0985. The third kappa shape index (κ3) is 3.89. The van der Waals surface area contributed by atoms with Crippen LogP contribution in [0.5, 0.6) is 0 Å². The molecule has 3 atom stereocenters. The number of fused-ring (bicyclic) bond motifs is 1. The van der Waals surface area contributed by atoms with Crippen LogP contribution in [0.1, 0.15) is 38.5 Å². The van der Waals surface area contributed by atoms with E-state index in [1.807, 2.05) is 0 Å². The van der Waals surface area contributed by atoms with Crippen LogP contribution in [0.4, 0.5) is 0 Å². The molecule has 3 rings (SSSR count). The highest BCUT2D eigenvalue weighted by atomic mass is 35.5. The average Bonchev–Trinajstić information content (AvgIpc) is 3.16. The molecule has 2 aliphatic carbocycles. The summed E-state index contributed by atoms with van der Waals surface area (Å²) in [4.78, 5) is 15.1. The summed E-state index contributed by atoms with van der Waals surface area (Å²) in [5, 5.41) is 6.76. The zero-order valence-electron chi connectivity index (χ0n) is 13.8. The predicted octanol–water partition coefficient (Wildman–Crippen LogP) is 2.07. The largest absolute Gasteiger partial charge is 0.354 e. The first-order valence-electron chi connectivity index (χ1n) is 8.29. The minimum atomic E-state index is -0.0985. The number of hydrogen-bond donors (Lipinski definition) is 2. The monoisotopic (exact) mass is 351 g/mol. The van der Waals surface area contributed by atoms with E-state index in [-0.39, 0.29) is 30.2 Å². The second kappa shape index (κ2) is 8.18. The molecule has 3 aliphatic rings. The quantitative estimate of drug-likeness (QED) is 0.796. The van der Waals surface area contributed by atoms with E-state index in [2.05, 4.69) is 29.6 Å². The molecule has 0 aromatic rings. The van der Waals surface area contributed by atoms with Crippen molar-refractivity contribution in [2.75, 3.05) is 33.7 Å². The Hall–Kier alpha value is -0.0300. The van der Waals surface area contributed by atoms with Crippen molar-refractivity contribution in [3.05, 3.63) is 0 Å². The number of likely N-dealkylation sites (N-methyl/N-ethyl adjacent to an activating group) is 1. The summed E-state index contributed by atoms with van der Waals surface area (Å²) in [5.74, 6) is 1.68. The van der Waals surface area contributed by atoms with Gasteiger partial charge in [0.1, 0.15) is 0 Å². The molecule has 130 valence electrons. The molecule has 1 unspecified atom stereocenters. The lowest BCUT2D eigenvalue weighted by atomic mass is 9.67. The third-order valence-electron chi connectivity index (χ3n) is 5.79. The van der Waals surface area contributed by atoms with Gasteiger partial charge >= 0.3 is 0 Å². The molecule has 0 aromatic carbocycles. The molecule has 0 radical (unpaired) electrons. The molecule has 0 bridgehead atoms. The van der Waals surface area contributed by atoms with Crippen LogP contribution in [0.2, 0.25) is 0 Å². The smallest absolute Gasteiger partial charge is 0.227 e. The molecule has 1 heterocycles. The molecule has 0 aromatic heterocycles. The first-order valence-corrected chi connectivity index (χ1v) is 8.29. The molecule has 22 heavy (non-hydrogen) atoms. The van der Waals surface area contributed by atoms with E-state index in [4.69, 9.17) is 0 Å². The van der Waals surface area contributed by atoms with Crippen LogP contribution >= 0.6 is 24.8 Å². The van der Waals surface area contributed by atoms with Gasteiger partial charge in [-0.3, -0.25) is 4.79 Å². The van der Waals surface area contributed by atoms with Gasteiger partial charge in [-0.05, 0) is 58.2 Å². The maximum absolute atomic E-state index is 12.8. The van der Waals surface area contributed by atoms with Crippen LogP contribution in [0, 0.1) is 17.3 Å². The van der Waals surface area contributed by atoms with Crippen LogP contribution in [0.3, 0.4) is 0 Å². The van der Waals surface area contributed by atoms with Crippen molar-refractivity contribution < 1.29 is 4.79 Å². The molecule has 1 amide bonds. The molecule has 1 aliphatic heterocycles. The summed E-state index contributed by atoms with van der Waals surface area (Å²) in [6.45, 7) is 2.75. The first-order chi connectivity index (χ1) is 9.63. The number of carbonyl (C=O) groups is 1. The van der Waals surface area contributed by atoms with E-state index in [0.717, 1.165) is 32.0 Å². The topological polar surface area (TPSA) is 44.4 Å². The van der Waals surface area contributed by atoms with Crippen LogP contribution in [0.25, 0.3) is 0 Å². The number of rotatable bonds is 5. The zero-order chi connectivity index (χ0) is 14.2. The Morgan fingerprint density at radius 3 is 2.64 bits per heavy atom. The first kappa shape index (κ1) is 20.0. The Kier molecular flexibility index (Phi) is 7.44. The molecule has 1 saturated heterocycles. The molecule has 6 heteroatoms. The normalized spacial score (nSPS) is 31.7. The Morgan fingerprint density at radius 1 is 1.27 bits per heavy atom. The van der Waals surface area contributed by atoms with E-state index in [0.29, 0.717) is 17.9 Å². The van der Waals surface area contributed by atoms with Gasteiger partial charge in [0, 0.05) is 19.1 Å². The summed E-state index contributed by atoms with van der Waals surface area (Å²) >= 11 is 0. The third-order valence-corrected chi connectivity index (χ3v) is 5.79. The second-order valence-corrected chi connectivity index (χ2v) is 7.31. The van der Waals surface area contributed by atoms with Crippen molar-refractivity contribution in [3.8, 4) is 0 Å². The Labute approximate surface area is 147 Å². The number of halogens is 2. The lowest BCUT2D eigenvalue weighted by molar-refractivity contribution is -0.134. The van der Waals surface area contributed by atoms with Crippen molar-refractivity contribution in [1.29, 1.82) is 0 Å². The number of hydrogen-bond acceptors (Lipinski definition) is 3. The maximum Gasteiger partial charge on any atom is 0.227 e. The predicted molar refractivity (Wildman–Crippen MR) is 95.0 cm³/mol. The molecular weight excluding hydrogens is 321 g/mol. The van der Waals surface area contributed by atoms with Gasteiger partial charge in [-0.15, -0.1) is 24.8 Å². The van der Waals surface area contributed by atoms with Gasteiger partial charge < -0.3 is 15.5 Å². The summed E-state index contributed by atoms with van der Waals surface area (Å²) in [6.07, 6.45) is 7.46. The van der Waals surface area contributed by atoms with Gasteiger partial charge in [0.15, 0.2) is 0 Å². The van der Waals surface area contributed by atoms with E-state index in [1.54, 1.807) is 0 Å². The average molecular weight is 352 g/mol. The van der Waals surface area contributed by atoms with Crippen molar-refractivity contribution in [3.63, 3.8) is 0 Å². The highest BCUT2D eigenvalue weighted by molar-refractivity contribution is 5.85. The van der Waals surface area contributed by atoms with Gasteiger partial charge in [0.2, 0.25) is 5.91 Å². The second-order valence-electron chi connectivity index (χ2n) is 7.31. The van der Waals surface area contributed by atoms with E-state index < -0.39 is 0 Å². The standard InChI is InChI=1S/C16H29N3O.2ClH/c1-19(2)14(12-6-7-12)10-18-15(20)16-8-4-3-5-13(16)9-17-11-16;;/h12-14,17H,3-11H2,1-2H3,(H,18,20);2*1H/t13-,14?,16+;;/m0../s1. The van der Waals surface area contributed by atoms with Crippen molar-refractivity contribution in [2.45, 2.75) is 44.6 Å². The minimum absolute atomic E-state index is 0. The zero-order valence-corrected chi connectivity index (χ0v) is 15.4. The summed E-state index contributed by atoms with van der Waals surface area (Å²) in [7, 11) is 4.27. The fourth-order valence-corrected chi connectivity index (χ4v) is 4.32. The number of carbonyl (C=O) groups excluding carboxylic acids is 1. The molecule has 0 spiro atoms. The fourth-order valence-electron chi connectivity index (χ4n) is 4.32.